The number of aliphatic carboxylic acids is 1. The second-order valence-corrected chi connectivity index (χ2v) is 5.81. The van der Waals surface area contributed by atoms with Crippen molar-refractivity contribution in [1.82, 2.24) is 5.32 Å². The minimum absolute atomic E-state index is 0.171. The van der Waals surface area contributed by atoms with Gasteiger partial charge in [-0.3, -0.25) is 4.79 Å². The van der Waals surface area contributed by atoms with Crippen LogP contribution in [0.5, 0.6) is 0 Å². The number of carbonyl (C=O) groups is 2. The number of carboxylic acid groups (broad SMARTS) is 1. The molecule has 1 aliphatic carbocycles. The van der Waals surface area contributed by atoms with Crippen molar-refractivity contribution in [3.8, 4) is 0 Å². The van der Waals surface area contributed by atoms with Crippen molar-refractivity contribution < 1.29 is 19.4 Å². The molecule has 5 nitrogen and oxygen atoms in total. The summed E-state index contributed by atoms with van der Waals surface area (Å²) in [4.78, 5) is 22.8. The average Bonchev–Trinajstić information content (AvgIpc) is 2.93. The smallest absolute Gasteiger partial charge is 0.332 e. The molecule has 0 bridgehead atoms. The summed E-state index contributed by atoms with van der Waals surface area (Å²) >= 11 is 0. The van der Waals surface area contributed by atoms with E-state index in [1.54, 1.807) is 0 Å². The van der Waals surface area contributed by atoms with Crippen LogP contribution in [0.4, 0.5) is 0 Å². The molecule has 1 amide bonds. The first-order valence-corrected chi connectivity index (χ1v) is 7.37. The van der Waals surface area contributed by atoms with Crippen LogP contribution in [0.2, 0.25) is 0 Å². The Morgan fingerprint density at radius 1 is 1.10 bits per heavy atom. The van der Waals surface area contributed by atoms with Crippen LogP contribution >= 0.6 is 0 Å². The van der Waals surface area contributed by atoms with Crippen molar-refractivity contribution in [3.05, 3.63) is 35.9 Å². The number of ether oxygens (including phenoxy) is 1. The van der Waals surface area contributed by atoms with E-state index in [0.717, 1.165) is 12.8 Å². The zero-order valence-corrected chi connectivity index (χ0v) is 11.7. The molecule has 2 aliphatic rings. The molecular formula is C16H19NO4. The van der Waals surface area contributed by atoms with Gasteiger partial charge in [-0.2, -0.15) is 0 Å². The summed E-state index contributed by atoms with van der Waals surface area (Å²) in [5.74, 6) is -0.652. The first-order valence-electron chi connectivity index (χ1n) is 7.37. The molecular weight excluding hydrogens is 270 g/mol. The topological polar surface area (TPSA) is 75.6 Å². The molecule has 21 heavy (non-hydrogen) atoms. The summed E-state index contributed by atoms with van der Waals surface area (Å²) in [5.41, 5.74) is 1.31. The van der Waals surface area contributed by atoms with Gasteiger partial charge in [-0.05, 0) is 37.2 Å². The Hall–Kier alpha value is -1.88. The maximum absolute atomic E-state index is 12.0. The monoisotopic (exact) mass is 289 g/mol. The second-order valence-electron chi connectivity index (χ2n) is 5.81. The van der Waals surface area contributed by atoms with Gasteiger partial charge in [-0.15, -0.1) is 0 Å². The highest BCUT2D eigenvalue weighted by Gasteiger charge is 2.37. The molecule has 1 saturated carbocycles. The summed E-state index contributed by atoms with van der Waals surface area (Å²) in [6.45, 7) is 0. The zero-order valence-electron chi connectivity index (χ0n) is 11.7. The van der Waals surface area contributed by atoms with E-state index in [-0.39, 0.29) is 11.9 Å². The van der Waals surface area contributed by atoms with Crippen molar-refractivity contribution >= 4 is 11.9 Å². The van der Waals surface area contributed by atoms with Crippen molar-refractivity contribution in [3.63, 3.8) is 0 Å². The normalized spacial score (nSPS) is 31.4. The van der Waals surface area contributed by atoms with Crippen molar-refractivity contribution in [2.75, 3.05) is 0 Å². The van der Waals surface area contributed by atoms with Gasteiger partial charge in [0.1, 0.15) is 6.10 Å². The summed E-state index contributed by atoms with van der Waals surface area (Å²) in [5, 5.41) is 11.8. The summed E-state index contributed by atoms with van der Waals surface area (Å²) in [7, 11) is 0. The molecule has 2 atom stereocenters. The Morgan fingerprint density at radius 3 is 2.38 bits per heavy atom. The predicted molar refractivity (Wildman–Crippen MR) is 75.9 cm³/mol. The van der Waals surface area contributed by atoms with E-state index in [2.05, 4.69) is 17.4 Å². The van der Waals surface area contributed by atoms with Crippen molar-refractivity contribution in [2.45, 2.75) is 49.9 Å². The maximum atomic E-state index is 12.0. The van der Waals surface area contributed by atoms with Gasteiger partial charge in [-0.25, -0.2) is 4.79 Å². The van der Waals surface area contributed by atoms with Crippen LogP contribution in [0.1, 0.15) is 37.2 Å². The molecule has 0 radical (unpaired) electrons. The van der Waals surface area contributed by atoms with Gasteiger partial charge < -0.3 is 15.2 Å². The molecule has 2 N–H and O–H groups in total. The van der Waals surface area contributed by atoms with Crippen LogP contribution in [0, 0.1) is 0 Å². The van der Waals surface area contributed by atoms with Crippen molar-refractivity contribution in [1.29, 1.82) is 0 Å². The van der Waals surface area contributed by atoms with Crippen LogP contribution in [0.25, 0.3) is 0 Å². The highest BCUT2D eigenvalue weighted by atomic mass is 16.5. The number of carbonyl (C=O) groups excluding carboxylic acids is 1. The highest BCUT2D eigenvalue weighted by molar-refractivity contribution is 5.83. The quantitative estimate of drug-likeness (QED) is 0.884. The maximum Gasteiger partial charge on any atom is 0.332 e. The van der Waals surface area contributed by atoms with E-state index in [9.17, 15) is 9.59 Å². The summed E-state index contributed by atoms with van der Waals surface area (Å²) in [6, 6.07) is 10.5. The minimum Gasteiger partial charge on any atom is -0.479 e. The summed E-state index contributed by atoms with van der Waals surface area (Å²) in [6.07, 6.45) is 1.32. The third-order valence-corrected chi connectivity index (χ3v) is 4.34. The van der Waals surface area contributed by atoms with E-state index in [1.165, 1.54) is 5.56 Å². The van der Waals surface area contributed by atoms with E-state index in [4.69, 9.17) is 9.84 Å². The van der Waals surface area contributed by atoms with E-state index < -0.39 is 18.2 Å². The van der Waals surface area contributed by atoms with Crippen molar-refractivity contribution in [2.24, 2.45) is 0 Å². The number of amides is 1. The first-order chi connectivity index (χ1) is 10.1. The van der Waals surface area contributed by atoms with Gasteiger partial charge in [0.15, 0.2) is 6.10 Å². The fourth-order valence-corrected chi connectivity index (χ4v) is 3.04. The fraction of sp³-hybridized carbons (Fsp3) is 0.500. The van der Waals surface area contributed by atoms with E-state index in [0.29, 0.717) is 18.8 Å². The lowest BCUT2D eigenvalue weighted by Crippen LogP contribution is -2.47. The van der Waals surface area contributed by atoms with E-state index >= 15 is 0 Å². The van der Waals surface area contributed by atoms with Crippen LogP contribution < -0.4 is 5.32 Å². The number of nitrogens with one attached hydrogen (secondary N) is 1. The molecule has 1 aliphatic heterocycles. The Bertz CT molecular complexity index is 524. The van der Waals surface area contributed by atoms with Crippen LogP contribution in [-0.4, -0.2) is 35.2 Å². The molecule has 1 aromatic rings. The Kier molecular flexibility index (Phi) is 3.92. The fourth-order valence-electron chi connectivity index (χ4n) is 3.04. The van der Waals surface area contributed by atoms with Crippen LogP contribution in [-0.2, 0) is 14.3 Å². The lowest BCUT2D eigenvalue weighted by atomic mass is 9.76. The van der Waals surface area contributed by atoms with Crippen LogP contribution in [0.15, 0.2) is 30.3 Å². The molecule has 2 fully saturated rings. The number of hydrogen-bond donors (Lipinski definition) is 2. The molecule has 0 unspecified atom stereocenters. The highest BCUT2D eigenvalue weighted by Crippen LogP contribution is 2.36. The number of benzene rings is 1. The first kappa shape index (κ1) is 14.1. The molecule has 0 spiro atoms. The van der Waals surface area contributed by atoms with Gasteiger partial charge in [0.2, 0.25) is 5.91 Å². The largest absolute Gasteiger partial charge is 0.479 e. The molecule has 3 rings (SSSR count). The molecule has 1 heterocycles. The number of rotatable bonds is 4. The van der Waals surface area contributed by atoms with Crippen LogP contribution in [0.3, 0.4) is 0 Å². The minimum atomic E-state index is -0.988. The molecule has 0 aromatic heterocycles. The van der Waals surface area contributed by atoms with Gasteiger partial charge in [0.05, 0.1) is 0 Å². The third kappa shape index (κ3) is 3.08. The Morgan fingerprint density at radius 2 is 1.76 bits per heavy atom. The van der Waals surface area contributed by atoms with Gasteiger partial charge >= 0.3 is 5.97 Å². The predicted octanol–water partition coefficient (Wildman–Crippen LogP) is 1.68. The number of hydrogen-bond acceptors (Lipinski definition) is 3. The standard InChI is InChI=1S/C16H19NO4/c18-15(13-6-7-14(21-13)16(19)20)17-12-8-11(9-12)10-4-2-1-3-5-10/h1-5,11-14H,6-9H2,(H,17,18)(H,19,20)/t11?,12?,13-,14+/m0/s1. The Labute approximate surface area is 123 Å². The van der Waals surface area contributed by atoms with Gasteiger partial charge in [0, 0.05) is 6.04 Å². The molecule has 1 aromatic carbocycles. The Balaban J connectivity index is 1.45. The molecule has 5 heteroatoms. The second kappa shape index (κ2) is 5.85. The third-order valence-electron chi connectivity index (χ3n) is 4.34. The average molecular weight is 289 g/mol. The van der Waals surface area contributed by atoms with Gasteiger partial charge in [-0.1, -0.05) is 30.3 Å². The molecule has 112 valence electrons. The van der Waals surface area contributed by atoms with E-state index in [1.807, 2.05) is 18.2 Å². The molecule has 1 saturated heterocycles. The number of carboxylic acids is 1. The lowest BCUT2D eigenvalue weighted by molar-refractivity contribution is -0.152. The lowest BCUT2D eigenvalue weighted by Gasteiger charge is -2.36. The zero-order chi connectivity index (χ0) is 14.8. The SMILES string of the molecule is O=C(NC1CC(c2ccccc2)C1)[C@@H]1CC[C@H](C(=O)O)O1. The van der Waals surface area contributed by atoms with Gasteiger partial charge in [0.25, 0.3) is 0 Å². The summed E-state index contributed by atoms with van der Waals surface area (Å²) < 4.78 is 5.25.